The maximum Gasteiger partial charge on any atom is 0.115 e. The number of ether oxygens (including phenoxy) is 1. The summed E-state index contributed by atoms with van der Waals surface area (Å²) in [6, 6.07) is 6.03. The average Bonchev–Trinajstić information content (AvgIpc) is 2.84. The number of aromatic nitrogens is 3. The van der Waals surface area contributed by atoms with Gasteiger partial charge in [0.15, 0.2) is 0 Å². The average molecular weight is 311 g/mol. The highest BCUT2D eigenvalue weighted by molar-refractivity contribution is 5.64. The molecule has 1 aromatic carbocycles. The molecule has 0 fully saturated rings. The lowest BCUT2D eigenvalue weighted by Crippen LogP contribution is -2.20. The van der Waals surface area contributed by atoms with Gasteiger partial charge in [-0.1, -0.05) is 17.2 Å². The number of benzene rings is 1. The van der Waals surface area contributed by atoms with E-state index in [0.29, 0.717) is 6.61 Å². The molecular formula is C19H25N3O. The Hall–Kier alpha value is -2.12. The molecule has 0 aliphatic carbocycles. The van der Waals surface area contributed by atoms with Crippen LogP contribution < -0.4 is 0 Å². The Labute approximate surface area is 138 Å². The minimum Gasteiger partial charge on any atom is -0.376 e. The molecule has 23 heavy (non-hydrogen) atoms. The maximum atomic E-state index is 5.74. The first-order valence-corrected chi connectivity index (χ1v) is 7.93. The number of aryl methyl sites for hydroxylation is 2. The molecule has 2 rings (SSSR count). The van der Waals surface area contributed by atoms with E-state index >= 15 is 0 Å². The third-order valence-corrected chi connectivity index (χ3v) is 3.69. The predicted octanol–water partition coefficient (Wildman–Crippen LogP) is 3.75. The van der Waals surface area contributed by atoms with Gasteiger partial charge < -0.3 is 4.74 Å². The van der Waals surface area contributed by atoms with Crippen molar-refractivity contribution in [3.8, 4) is 23.6 Å². The van der Waals surface area contributed by atoms with E-state index in [2.05, 4.69) is 43.1 Å². The van der Waals surface area contributed by atoms with Crippen LogP contribution in [-0.4, -0.2) is 27.2 Å². The molecule has 0 saturated heterocycles. The Morgan fingerprint density at radius 2 is 2.00 bits per heavy atom. The summed E-state index contributed by atoms with van der Waals surface area (Å²) in [4.78, 5) is 0. The Kier molecular flexibility index (Phi) is 5.23. The molecule has 0 unspecified atom stereocenters. The Morgan fingerprint density at radius 3 is 2.61 bits per heavy atom. The summed E-state index contributed by atoms with van der Waals surface area (Å²) in [6.07, 6.45) is 6.39. The van der Waals surface area contributed by atoms with Gasteiger partial charge in [0, 0.05) is 24.3 Å². The highest BCUT2D eigenvalue weighted by Crippen LogP contribution is 2.23. The van der Waals surface area contributed by atoms with Gasteiger partial charge in [0.2, 0.25) is 0 Å². The first-order chi connectivity index (χ1) is 10.8. The SMILES string of the molecule is C#Cc1ccc(-c2nnn(CCCOC(C)(C)C)c2C)cc1C. The quantitative estimate of drug-likeness (QED) is 0.623. The lowest BCUT2D eigenvalue weighted by Gasteiger charge is -2.19. The topological polar surface area (TPSA) is 39.9 Å². The van der Waals surface area contributed by atoms with Crippen molar-refractivity contribution < 1.29 is 4.74 Å². The summed E-state index contributed by atoms with van der Waals surface area (Å²) >= 11 is 0. The van der Waals surface area contributed by atoms with Crippen LogP contribution in [0.4, 0.5) is 0 Å². The third kappa shape index (κ3) is 4.43. The smallest absolute Gasteiger partial charge is 0.115 e. The van der Waals surface area contributed by atoms with E-state index < -0.39 is 0 Å². The Balaban J connectivity index is 2.07. The van der Waals surface area contributed by atoms with Gasteiger partial charge in [-0.2, -0.15) is 0 Å². The van der Waals surface area contributed by atoms with Crippen LogP contribution in [0.25, 0.3) is 11.3 Å². The summed E-state index contributed by atoms with van der Waals surface area (Å²) in [5.41, 5.74) is 4.92. The zero-order valence-electron chi connectivity index (χ0n) is 14.7. The van der Waals surface area contributed by atoms with Gasteiger partial charge in [0.25, 0.3) is 0 Å². The summed E-state index contributed by atoms with van der Waals surface area (Å²) in [7, 11) is 0. The Morgan fingerprint density at radius 1 is 1.26 bits per heavy atom. The number of nitrogens with zero attached hydrogens (tertiary/aromatic N) is 3. The van der Waals surface area contributed by atoms with E-state index in [4.69, 9.17) is 11.2 Å². The van der Waals surface area contributed by atoms with E-state index in [-0.39, 0.29) is 5.60 Å². The van der Waals surface area contributed by atoms with Crippen molar-refractivity contribution in [2.45, 2.75) is 53.2 Å². The molecule has 0 N–H and O–H groups in total. The van der Waals surface area contributed by atoms with Gasteiger partial charge in [-0.3, -0.25) is 0 Å². The van der Waals surface area contributed by atoms with Crippen LogP contribution in [0.1, 0.15) is 44.0 Å². The second-order valence-electron chi connectivity index (χ2n) is 6.74. The lowest BCUT2D eigenvalue weighted by atomic mass is 10.0. The van der Waals surface area contributed by atoms with Crippen molar-refractivity contribution in [1.29, 1.82) is 0 Å². The fourth-order valence-electron chi connectivity index (χ4n) is 2.41. The van der Waals surface area contributed by atoms with Gasteiger partial charge in [0.05, 0.1) is 11.3 Å². The molecule has 2 aromatic rings. The van der Waals surface area contributed by atoms with Crippen LogP contribution in [0, 0.1) is 26.2 Å². The van der Waals surface area contributed by atoms with Gasteiger partial charge >= 0.3 is 0 Å². The molecular weight excluding hydrogens is 286 g/mol. The number of terminal acetylenes is 1. The molecule has 0 spiro atoms. The van der Waals surface area contributed by atoms with Crippen molar-refractivity contribution in [3.05, 3.63) is 35.0 Å². The van der Waals surface area contributed by atoms with Crippen LogP contribution in [0.3, 0.4) is 0 Å². The standard InChI is InChI=1S/C19H25N3O/c1-7-16-9-10-17(13-14(16)2)18-15(3)22(21-20-18)11-8-12-23-19(4,5)6/h1,9-10,13H,8,11-12H2,2-6H3. The number of hydrogen-bond donors (Lipinski definition) is 0. The van der Waals surface area contributed by atoms with Crippen molar-refractivity contribution in [2.24, 2.45) is 0 Å². The Bertz CT molecular complexity index is 717. The zero-order chi connectivity index (χ0) is 17.0. The third-order valence-electron chi connectivity index (χ3n) is 3.69. The van der Waals surface area contributed by atoms with E-state index in [9.17, 15) is 0 Å². The van der Waals surface area contributed by atoms with Crippen molar-refractivity contribution in [2.75, 3.05) is 6.61 Å². The van der Waals surface area contributed by atoms with Crippen LogP contribution in [-0.2, 0) is 11.3 Å². The number of rotatable bonds is 5. The van der Waals surface area contributed by atoms with Crippen LogP contribution in [0.5, 0.6) is 0 Å². The molecule has 1 aromatic heterocycles. The molecule has 0 bridgehead atoms. The van der Waals surface area contributed by atoms with E-state index in [1.807, 2.05) is 30.7 Å². The zero-order valence-corrected chi connectivity index (χ0v) is 14.7. The molecule has 0 atom stereocenters. The predicted molar refractivity (Wildman–Crippen MR) is 93.2 cm³/mol. The van der Waals surface area contributed by atoms with Gasteiger partial charge in [0.1, 0.15) is 5.69 Å². The minimum absolute atomic E-state index is 0.0983. The van der Waals surface area contributed by atoms with Gasteiger partial charge in [-0.05, 0) is 58.7 Å². The molecule has 122 valence electrons. The van der Waals surface area contributed by atoms with Crippen LogP contribution in [0.15, 0.2) is 18.2 Å². The number of hydrogen-bond acceptors (Lipinski definition) is 3. The van der Waals surface area contributed by atoms with Crippen LogP contribution in [0.2, 0.25) is 0 Å². The normalized spacial score (nSPS) is 11.5. The first-order valence-electron chi connectivity index (χ1n) is 7.93. The summed E-state index contributed by atoms with van der Waals surface area (Å²) in [6.45, 7) is 11.8. The monoisotopic (exact) mass is 311 g/mol. The summed E-state index contributed by atoms with van der Waals surface area (Å²) < 4.78 is 7.68. The van der Waals surface area contributed by atoms with E-state index in [1.165, 1.54) is 0 Å². The fraction of sp³-hybridized carbons (Fsp3) is 0.474. The van der Waals surface area contributed by atoms with Gasteiger partial charge in [-0.25, -0.2) is 4.68 Å². The first kappa shape index (κ1) is 17.2. The van der Waals surface area contributed by atoms with Crippen LogP contribution >= 0.6 is 0 Å². The largest absolute Gasteiger partial charge is 0.376 e. The molecule has 0 amide bonds. The molecule has 1 heterocycles. The summed E-state index contributed by atoms with van der Waals surface area (Å²) in [5, 5.41) is 8.60. The van der Waals surface area contributed by atoms with E-state index in [0.717, 1.165) is 41.0 Å². The second kappa shape index (κ2) is 6.97. The fourth-order valence-corrected chi connectivity index (χ4v) is 2.41. The minimum atomic E-state index is -0.0983. The van der Waals surface area contributed by atoms with Crippen molar-refractivity contribution in [3.63, 3.8) is 0 Å². The van der Waals surface area contributed by atoms with Crippen molar-refractivity contribution in [1.82, 2.24) is 15.0 Å². The highest BCUT2D eigenvalue weighted by Gasteiger charge is 2.13. The molecule has 4 nitrogen and oxygen atoms in total. The molecule has 4 heteroatoms. The second-order valence-corrected chi connectivity index (χ2v) is 6.74. The highest BCUT2D eigenvalue weighted by atomic mass is 16.5. The lowest BCUT2D eigenvalue weighted by molar-refractivity contribution is -0.00562. The maximum absolute atomic E-state index is 5.74. The molecule has 0 aliphatic heterocycles. The molecule has 0 radical (unpaired) electrons. The summed E-state index contributed by atoms with van der Waals surface area (Å²) in [5.74, 6) is 2.69. The van der Waals surface area contributed by atoms with E-state index in [1.54, 1.807) is 0 Å². The molecule has 0 saturated carbocycles. The van der Waals surface area contributed by atoms with Gasteiger partial charge in [-0.15, -0.1) is 11.5 Å². The molecule has 0 aliphatic rings. The van der Waals surface area contributed by atoms with Crippen molar-refractivity contribution >= 4 is 0 Å².